The summed E-state index contributed by atoms with van der Waals surface area (Å²) in [6, 6.07) is 7.85. The van der Waals surface area contributed by atoms with Crippen LogP contribution in [-0.2, 0) is 25.4 Å². The molecule has 0 aliphatic rings. The third kappa shape index (κ3) is 3.62. The first kappa shape index (κ1) is 19.6. The molecule has 2 heterocycles. The van der Waals surface area contributed by atoms with Crippen LogP contribution in [0.3, 0.4) is 0 Å². The van der Waals surface area contributed by atoms with E-state index >= 15 is 0 Å². The summed E-state index contributed by atoms with van der Waals surface area (Å²) in [6.45, 7) is 4.61. The third-order valence-electron chi connectivity index (χ3n) is 5.17. The summed E-state index contributed by atoms with van der Waals surface area (Å²) >= 11 is 0. The van der Waals surface area contributed by atoms with Crippen molar-refractivity contribution in [1.29, 1.82) is 0 Å². The van der Waals surface area contributed by atoms with E-state index in [1.165, 1.54) is 23.5 Å². The number of hydrogen-bond donors (Lipinski definition) is 1. The molecule has 0 bridgehead atoms. The largest absolute Gasteiger partial charge is 0.332 e. The van der Waals surface area contributed by atoms with Crippen molar-refractivity contribution in [3.8, 4) is 0 Å². The maximum Gasteiger partial charge on any atom is 0.332 e. The molecule has 0 aliphatic carbocycles. The molecule has 28 heavy (non-hydrogen) atoms. The van der Waals surface area contributed by atoms with Crippen LogP contribution in [0.1, 0.15) is 38.2 Å². The number of nitrogens with one attached hydrogen (secondary N) is 1. The second-order valence-electron chi connectivity index (χ2n) is 7.05. The van der Waals surface area contributed by atoms with Gasteiger partial charge < -0.3 is 9.88 Å². The summed E-state index contributed by atoms with van der Waals surface area (Å²) in [7, 11) is 2.99. The number of carbonyl (C=O) groups excluding carboxylic acids is 1. The molecule has 1 atom stereocenters. The lowest BCUT2D eigenvalue weighted by Gasteiger charge is -2.11. The van der Waals surface area contributed by atoms with E-state index in [1.807, 2.05) is 24.3 Å². The number of fused-ring (bicyclic) bond motifs is 1. The summed E-state index contributed by atoms with van der Waals surface area (Å²) < 4.78 is 3.98. The number of aryl methyl sites for hydroxylation is 2. The van der Waals surface area contributed by atoms with Crippen LogP contribution < -0.4 is 16.6 Å². The third-order valence-corrected chi connectivity index (χ3v) is 5.17. The molecular formula is C20H25N5O3. The number of carbonyl (C=O) groups is 1. The number of hydrogen-bond acceptors (Lipinski definition) is 4. The molecule has 148 valence electrons. The SMILES string of the molecule is CC[C@@H](C)c1ccc(NC(=O)CCn2cnc3c2c(=O)n(C)c(=O)n3C)cc1. The van der Waals surface area contributed by atoms with Crippen molar-refractivity contribution in [2.24, 2.45) is 14.1 Å². The molecule has 1 aromatic carbocycles. The molecule has 8 heteroatoms. The maximum atomic E-state index is 12.4. The highest BCUT2D eigenvalue weighted by atomic mass is 16.2. The minimum Gasteiger partial charge on any atom is -0.326 e. The summed E-state index contributed by atoms with van der Waals surface area (Å²) in [6.07, 6.45) is 2.74. The number of nitrogens with zero attached hydrogens (tertiary/aromatic N) is 4. The van der Waals surface area contributed by atoms with Gasteiger partial charge in [0.15, 0.2) is 11.2 Å². The van der Waals surface area contributed by atoms with Crippen LogP contribution in [0.25, 0.3) is 11.2 Å². The van der Waals surface area contributed by atoms with E-state index in [9.17, 15) is 14.4 Å². The molecule has 0 fully saturated rings. The van der Waals surface area contributed by atoms with Gasteiger partial charge in [0.1, 0.15) is 0 Å². The van der Waals surface area contributed by atoms with Gasteiger partial charge in [0.25, 0.3) is 5.56 Å². The zero-order valence-corrected chi connectivity index (χ0v) is 16.6. The van der Waals surface area contributed by atoms with E-state index in [2.05, 4.69) is 24.1 Å². The van der Waals surface area contributed by atoms with Crippen LogP contribution in [0, 0.1) is 0 Å². The molecule has 0 saturated carbocycles. The Kier molecular flexibility index (Phi) is 5.48. The minimum absolute atomic E-state index is 0.153. The Morgan fingerprint density at radius 2 is 1.82 bits per heavy atom. The lowest BCUT2D eigenvalue weighted by Crippen LogP contribution is -2.37. The number of aromatic nitrogens is 4. The molecule has 2 aromatic heterocycles. The van der Waals surface area contributed by atoms with Crippen molar-refractivity contribution in [3.63, 3.8) is 0 Å². The molecule has 3 aromatic rings. The molecule has 1 N–H and O–H groups in total. The molecular weight excluding hydrogens is 358 g/mol. The summed E-state index contributed by atoms with van der Waals surface area (Å²) in [5.41, 5.74) is 1.76. The number of amides is 1. The second-order valence-corrected chi connectivity index (χ2v) is 7.05. The molecule has 3 rings (SSSR count). The number of anilines is 1. The van der Waals surface area contributed by atoms with Gasteiger partial charge in [-0.1, -0.05) is 26.0 Å². The Hall–Kier alpha value is -3.16. The lowest BCUT2D eigenvalue weighted by molar-refractivity contribution is -0.116. The lowest BCUT2D eigenvalue weighted by atomic mass is 9.99. The average Bonchev–Trinajstić information content (AvgIpc) is 3.13. The Labute approximate surface area is 162 Å². The molecule has 0 aliphatic heterocycles. The van der Waals surface area contributed by atoms with Crippen LogP contribution in [0.4, 0.5) is 5.69 Å². The summed E-state index contributed by atoms with van der Waals surface area (Å²) in [4.78, 5) is 40.9. The molecule has 0 unspecified atom stereocenters. The highest BCUT2D eigenvalue weighted by molar-refractivity contribution is 5.90. The normalized spacial score (nSPS) is 12.3. The van der Waals surface area contributed by atoms with E-state index in [0.717, 1.165) is 16.7 Å². The van der Waals surface area contributed by atoms with E-state index in [1.54, 1.807) is 11.6 Å². The quantitative estimate of drug-likeness (QED) is 0.705. The van der Waals surface area contributed by atoms with Crippen LogP contribution >= 0.6 is 0 Å². The van der Waals surface area contributed by atoms with Crippen LogP contribution in [0.5, 0.6) is 0 Å². The monoisotopic (exact) mass is 383 g/mol. The molecule has 0 radical (unpaired) electrons. The van der Waals surface area contributed by atoms with Gasteiger partial charge in [-0.05, 0) is 30.0 Å². The van der Waals surface area contributed by atoms with E-state index in [-0.39, 0.29) is 12.3 Å². The van der Waals surface area contributed by atoms with Crippen LogP contribution in [0.2, 0.25) is 0 Å². The van der Waals surface area contributed by atoms with Gasteiger partial charge in [-0.25, -0.2) is 9.78 Å². The van der Waals surface area contributed by atoms with Crippen molar-refractivity contribution < 1.29 is 4.79 Å². The van der Waals surface area contributed by atoms with Gasteiger partial charge in [0.05, 0.1) is 6.33 Å². The fourth-order valence-electron chi connectivity index (χ4n) is 3.14. The van der Waals surface area contributed by atoms with Crippen molar-refractivity contribution in [2.75, 3.05) is 5.32 Å². The minimum atomic E-state index is -0.429. The Morgan fingerprint density at radius 3 is 2.46 bits per heavy atom. The van der Waals surface area contributed by atoms with Crippen molar-refractivity contribution >= 4 is 22.8 Å². The zero-order valence-electron chi connectivity index (χ0n) is 16.6. The fraction of sp³-hybridized carbons (Fsp3) is 0.400. The van der Waals surface area contributed by atoms with Crippen molar-refractivity contribution in [2.45, 2.75) is 39.2 Å². The Balaban J connectivity index is 1.72. The van der Waals surface area contributed by atoms with Crippen molar-refractivity contribution in [1.82, 2.24) is 18.7 Å². The first-order valence-electron chi connectivity index (χ1n) is 9.34. The number of imidazole rings is 1. The predicted molar refractivity (Wildman–Crippen MR) is 109 cm³/mol. The zero-order chi connectivity index (χ0) is 20.4. The summed E-state index contributed by atoms with van der Waals surface area (Å²) in [5.74, 6) is 0.331. The smallest absolute Gasteiger partial charge is 0.326 e. The highest BCUT2D eigenvalue weighted by Gasteiger charge is 2.15. The van der Waals surface area contributed by atoms with E-state index in [4.69, 9.17) is 0 Å². The standard InChI is InChI=1S/C20H25N5O3/c1-5-13(2)14-6-8-15(9-7-14)22-16(26)10-11-25-12-21-18-17(25)19(27)24(4)20(28)23(18)3/h6-9,12-13H,5,10-11H2,1-4H3,(H,22,26)/t13-/m1/s1. The predicted octanol–water partition coefficient (Wildman–Crippen LogP) is 1.98. The average molecular weight is 383 g/mol. The maximum absolute atomic E-state index is 12.4. The van der Waals surface area contributed by atoms with E-state index < -0.39 is 11.2 Å². The topological polar surface area (TPSA) is 90.9 Å². The molecule has 8 nitrogen and oxygen atoms in total. The number of rotatable bonds is 6. The second kappa shape index (κ2) is 7.84. The Morgan fingerprint density at radius 1 is 1.14 bits per heavy atom. The fourth-order valence-corrected chi connectivity index (χ4v) is 3.14. The van der Waals surface area contributed by atoms with E-state index in [0.29, 0.717) is 23.6 Å². The molecule has 0 saturated heterocycles. The van der Waals surface area contributed by atoms with Crippen LogP contribution in [-0.4, -0.2) is 24.6 Å². The van der Waals surface area contributed by atoms with Gasteiger partial charge >= 0.3 is 5.69 Å². The first-order valence-corrected chi connectivity index (χ1v) is 9.34. The van der Waals surface area contributed by atoms with Gasteiger partial charge in [-0.15, -0.1) is 0 Å². The van der Waals surface area contributed by atoms with Crippen LogP contribution in [0.15, 0.2) is 40.2 Å². The Bertz CT molecular complexity index is 1120. The first-order chi connectivity index (χ1) is 13.3. The molecule has 0 spiro atoms. The van der Waals surface area contributed by atoms with Gasteiger partial charge in [-0.2, -0.15) is 0 Å². The van der Waals surface area contributed by atoms with Gasteiger partial charge in [0.2, 0.25) is 5.91 Å². The number of benzene rings is 1. The molecule has 1 amide bonds. The van der Waals surface area contributed by atoms with Crippen molar-refractivity contribution in [3.05, 3.63) is 57.0 Å². The van der Waals surface area contributed by atoms with Gasteiger partial charge in [0, 0.05) is 32.7 Å². The highest BCUT2D eigenvalue weighted by Crippen LogP contribution is 2.20. The van der Waals surface area contributed by atoms with Gasteiger partial charge in [-0.3, -0.25) is 18.7 Å². The summed E-state index contributed by atoms with van der Waals surface area (Å²) in [5, 5.41) is 2.87.